The Hall–Kier alpha value is -2.90. The Balaban J connectivity index is 1.90. The van der Waals surface area contributed by atoms with E-state index in [0.717, 1.165) is 0 Å². The van der Waals surface area contributed by atoms with Crippen molar-refractivity contribution in [1.29, 1.82) is 0 Å². The van der Waals surface area contributed by atoms with Crippen molar-refractivity contribution in [3.8, 4) is 0 Å². The van der Waals surface area contributed by atoms with E-state index in [1.165, 1.54) is 16.7 Å². The number of carbonyl (C=O) groups excluding carboxylic acids is 4. The van der Waals surface area contributed by atoms with Gasteiger partial charge in [-0.25, -0.2) is 0 Å². The van der Waals surface area contributed by atoms with E-state index >= 15 is 0 Å². The van der Waals surface area contributed by atoms with Gasteiger partial charge in [0.2, 0.25) is 11.8 Å². The second-order valence-electron chi connectivity index (χ2n) is 5.42. The maximum atomic E-state index is 12.0. The van der Waals surface area contributed by atoms with Gasteiger partial charge >= 0.3 is 11.8 Å². The zero-order valence-electron chi connectivity index (χ0n) is 13.7. The van der Waals surface area contributed by atoms with Gasteiger partial charge < -0.3 is 20.4 Å². The Morgan fingerprint density at radius 1 is 0.958 bits per heavy atom. The molecule has 0 radical (unpaired) electrons. The number of nitrogens with one attached hydrogen (secondary N) is 2. The first-order valence-electron chi connectivity index (χ1n) is 7.66. The van der Waals surface area contributed by atoms with Crippen LogP contribution in [0.1, 0.15) is 13.8 Å². The minimum absolute atomic E-state index is 0.171. The number of amides is 4. The first-order valence-corrected chi connectivity index (χ1v) is 7.66. The van der Waals surface area contributed by atoms with E-state index in [2.05, 4.69) is 10.6 Å². The van der Waals surface area contributed by atoms with Crippen molar-refractivity contribution in [2.45, 2.75) is 13.8 Å². The molecule has 0 unspecified atom stereocenters. The van der Waals surface area contributed by atoms with Gasteiger partial charge in [0.05, 0.1) is 0 Å². The molecule has 2 rings (SSSR count). The van der Waals surface area contributed by atoms with Crippen molar-refractivity contribution >= 4 is 35.0 Å². The zero-order chi connectivity index (χ0) is 17.7. The lowest BCUT2D eigenvalue weighted by molar-refractivity contribution is -0.156. The van der Waals surface area contributed by atoms with E-state index in [1.807, 2.05) is 0 Å². The Bertz CT molecular complexity index is 657. The van der Waals surface area contributed by atoms with Crippen LogP contribution in [0.3, 0.4) is 0 Å². The molecule has 0 atom stereocenters. The number of benzene rings is 1. The summed E-state index contributed by atoms with van der Waals surface area (Å²) in [5.74, 6) is -1.79. The summed E-state index contributed by atoms with van der Waals surface area (Å²) in [6.07, 6.45) is 0. The molecule has 8 heteroatoms. The van der Waals surface area contributed by atoms with E-state index in [0.29, 0.717) is 31.0 Å². The smallest absolute Gasteiger partial charge is 0.312 e. The summed E-state index contributed by atoms with van der Waals surface area (Å²) in [5.41, 5.74) is 1.16. The van der Waals surface area contributed by atoms with Gasteiger partial charge in [-0.3, -0.25) is 19.2 Å². The van der Waals surface area contributed by atoms with Crippen LogP contribution in [0.15, 0.2) is 24.3 Å². The molecule has 24 heavy (non-hydrogen) atoms. The highest BCUT2D eigenvalue weighted by Gasteiger charge is 2.32. The van der Waals surface area contributed by atoms with E-state index in [1.54, 1.807) is 31.2 Å². The third-order valence-corrected chi connectivity index (χ3v) is 3.60. The molecular weight excluding hydrogens is 312 g/mol. The lowest BCUT2D eigenvalue weighted by Crippen LogP contribution is -2.55. The predicted octanol–water partition coefficient (Wildman–Crippen LogP) is 0.274. The highest BCUT2D eigenvalue weighted by atomic mass is 16.2. The molecule has 128 valence electrons. The van der Waals surface area contributed by atoms with Crippen molar-refractivity contribution in [1.82, 2.24) is 9.80 Å². The fourth-order valence-electron chi connectivity index (χ4n) is 2.38. The Kier molecular flexibility index (Phi) is 5.51. The highest BCUT2D eigenvalue weighted by Crippen LogP contribution is 2.14. The number of hydrogen-bond donors (Lipinski definition) is 2. The van der Waals surface area contributed by atoms with Crippen LogP contribution >= 0.6 is 0 Å². The monoisotopic (exact) mass is 332 g/mol. The molecule has 0 saturated carbocycles. The molecular formula is C16H20N4O4. The van der Waals surface area contributed by atoms with E-state index in [-0.39, 0.29) is 18.4 Å². The third kappa shape index (κ3) is 4.31. The Morgan fingerprint density at radius 2 is 1.46 bits per heavy atom. The van der Waals surface area contributed by atoms with Gasteiger partial charge in [0, 0.05) is 37.9 Å². The number of anilines is 2. The largest absolute Gasteiger partial charge is 0.333 e. The summed E-state index contributed by atoms with van der Waals surface area (Å²) in [4.78, 5) is 49.4. The van der Waals surface area contributed by atoms with Gasteiger partial charge in [-0.15, -0.1) is 0 Å². The molecule has 1 heterocycles. The average Bonchev–Trinajstić information content (AvgIpc) is 2.53. The average molecular weight is 332 g/mol. The van der Waals surface area contributed by atoms with Crippen molar-refractivity contribution in [2.75, 3.05) is 36.8 Å². The molecule has 1 saturated heterocycles. The maximum absolute atomic E-state index is 12.0. The van der Waals surface area contributed by atoms with Crippen LogP contribution in [0, 0.1) is 0 Å². The number of likely N-dealkylation sites (N-methyl/N-ethyl adjacent to an activating group) is 1. The van der Waals surface area contributed by atoms with Crippen LogP contribution in [-0.4, -0.2) is 59.6 Å². The minimum Gasteiger partial charge on any atom is -0.333 e. The summed E-state index contributed by atoms with van der Waals surface area (Å²) in [5, 5.41) is 5.28. The van der Waals surface area contributed by atoms with Crippen molar-refractivity contribution in [2.24, 2.45) is 0 Å². The summed E-state index contributed by atoms with van der Waals surface area (Å²) in [7, 11) is 0. The maximum Gasteiger partial charge on any atom is 0.312 e. The quantitative estimate of drug-likeness (QED) is 0.756. The number of rotatable bonds is 5. The SMILES string of the molecule is CCN1CCN(CC(=O)Nc2ccc(NC(C)=O)cc2)C(=O)C1=O. The Labute approximate surface area is 139 Å². The van der Waals surface area contributed by atoms with E-state index in [4.69, 9.17) is 0 Å². The first kappa shape index (κ1) is 17.5. The second kappa shape index (κ2) is 7.58. The molecule has 8 nitrogen and oxygen atoms in total. The second-order valence-corrected chi connectivity index (χ2v) is 5.42. The molecule has 0 bridgehead atoms. The topological polar surface area (TPSA) is 98.8 Å². The molecule has 0 aliphatic carbocycles. The molecule has 1 aliphatic rings. The number of hydrogen-bond acceptors (Lipinski definition) is 4. The minimum atomic E-state index is -0.653. The van der Waals surface area contributed by atoms with Gasteiger partial charge in [0.1, 0.15) is 6.54 Å². The van der Waals surface area contributed by atoms with E-state index < -0.39 is 11.8 Å². The van der Waals surface area contributed by atoms with Crippen LogP contribution in [-0.2, 0) is 19.2 Å². The summed E-state index contributed by atoms with van der Waals surface area (Å²) < 4.78 is 0. The molecule has 1 aromatic rings. The molecule has 0 aromatic heterocycles. The summed E-state index contributed by atoms with van der Waals surface area (Å²) in [6.45, 7) is 4.29. The van der Waals surface area contributed by atoms with Crippen LogP contribution in [0.5, 0.6) is 0 Å². The van der Waals surface area contributed by atoms with Crippen LogP contribution in [0.25, 0.3) is 0 Å². The van der Waals surface area contributed by atoms with Crippen molar-refractivity contribution in [3.63, 3.8) is 0 Å². The molecule has 1 aromatic carbocycles. The summed E-state index contributed by atoms with van der Waals surface area (Å²) >= 11 is 0. The van der Waals surface area contributed by atoms with Crippen LogP contribution in [0.2, 0.25) is 0 Å². The van der Waals surface area contributed by atoms with Gasteiger partial charge in [-0.1, -0.05) is 0 Å². The number of piperazine rings is 1. The molecule has 4 amide bonds. The lowest BCUT2D eigenvalue weighted by Gasteiger charge is -2.32. The number of nitrogens with zero attached hydrogens (tertiary/aromatic N) is 2. The van der Waals surface area contributed by atoms with Gasteiger partial charge in [-0.2, -0.15) is 0 Å². The van der Waals surface area contributed by atoms with E-state index in [9.17, 15) is 19.2 Å². The van der Waals surface area contributed by atoms with Crippen LogP contribution in [0.4, 0.5) is 11.4 Å². The fraction of sp³-hybridized carbons (Fsp3) is 0.375. The normalized spacial score (nSPS) is 14.6. The molecule has 1 fully saturated rings. The number of carbonyl (C=O) groups is 4. The third-order valence-electron chi connectivity index (χ3n) is 3.60. The van der Waals surface area contributed by atoms with Gasteiger partial charge in [0.25, 0.3) is 0 Å². The van der Waals surface area contributed by atoms with Gasteiger partial charge in [-0.05, 0) is 31.2 Å². The molecule has 2 N–H and O–H groups in total. The molecule has 0 spiro atoms. The lowest BCUT2D eigenvalue weighted by atomic mass is 10.2. The summed E-state index contributed by atoms with van der Waals surface area (Å²) in [6, 6.07) is 6.60. The highest BCUT2D eigenvalue weighted by molar-refractivity contribution is 6.35. The van der Waals surface area contributed by atoms with Gasteiger partial charge in [0.15, 0.2) is 0 Å². The Morgan fingerprint density at radius 3 is 2.00 bits per heavy atom. The predicted molar refractivity (Wildman–Crippen MR) is 88.2 cm³/mol. The first-order chi connectivity index (χ1) is 11.4. The van der Waals surface area contributed by atoms with Crippen molar-refractivity contribution < 1.29 is 19.2 Å². The fourth-order valence-corrected chi connectivity index (χ4v) is 2.38. The van der Waals surface area contributed by atoms with Crippen molar-refractivity contribution in [3.05, 3.63) is 24.3 Å². The van der Waals surface area contributed by atoms with Crippen LogP contribution < -0.4 is 10.6 Å². The standard InChI is InChI=1S/C16H20N4O4/c1-3-19-8-9-20(16(24)15(19)23)10-14(22)18-13-6-4-12(5-7-13)17-11(2)21/h4-7H,3,8-10H2,1-2H3,(H,17,21)(H,18,22). The zero-order valence-corrected chi connectivity index (χ0v) is 13.7. The molecule has 1 aliphatic heterocycles.